The van der Waals surface area contributed by atoms with Crippen LogP contribution in [0.25, 0.3) is 33.7 Å². The molecule has 1 aromatic heterocycles. The van der Waals surface area contributed by atoms with E-state index in [0.717, 1.165) is 79.7 Å². The van der Waals surface area contributed by atoms with Gasteiger partial charge in [0.1, 0.15) is 8.07 Å². The van der Waals surface area contributed by atoms with Crippen LogP contribution in [-0.4, -0.2) is 25.5 Å². The van der Waals surface area contributed by atoms with Gasteiger partial charge in [-0.15, -0.1) is 22.6 Å². The molecule has 0 aliphatic carbocycles. The first-order valence-electron chi connectivity index (χ1n) is 20.9. The van der Waals surface area contributed by atoms with Gasteiger partial charge >= 0.3 is 19.5 Å². The summed E-state index contributed by atoms with van der Waals surface area (Å²) in [6, 6.07) is 26.8. The Kier molecular flexibility index (Phi) is 12.0. The SMILES string of the molecule is CC1(C)CC2=NC/1=C\c1[n-]c(cc1-c1ccc(I)cc1)/C(c1cc(C(C)(C)C)cc(C(C)(C)C)c1)=C1/C=CC(=N1)CC1[N-]/C(=C\2)C=C1c1ccc(C#C[Si](C)(C)C)cc1.[Zn+2]. The third-order valence-electron chi connectivity index (χ3n) is 11.5. The summed E-state index contributed by atoms with van der Waals surface area (Å²) in [4.78, 5) is 16.3. The molecular weight excluding hydrogens is 913 g/mol. The van der Waals surface area contributed by atoms with Crippen LogP contribution in [0, 0.1) is 20.4 Å². The molecule has 60 heavy (non-hydrogen) atoms. The van der Waals surface area contributed by atoms with E-state index >= 15 is 0 Å². The molecule has 7 heteroatoms. The van der Waals surface area contributed by atoms with E-state index in [1.54, 1.807) is 0 Å². The number of benzene rings is 3. The number of hydrogen-bond acceptors (Lipinski definition) is 2. The molecule has 0 saturated heterocycles. The summed E-state index contributed by atoms with van der Waals surface area (Å²) in [5.74, 6) is 3.42. The Hall–Kier alpha value is -4.09. The number of hydrogen-bond donors (Lipinski definition) is 0. The minimum absolute atomic E-state index is 0. The minimum atomic E-state index is -1.48. The van der Waals surface area contributed by atoms with Crippen molar-refractivity contribution in [2.45, 2.75) is 105 Å². The third kappa shape index (κ3) is 9.52. The van der Waals surface area contributed by atoms with Crippen LogP contribution in [0.4, 0.5) is 0 Å². The Bertz CT molecular complexity index is 2610. The predicted molar refractivity (Wildman–Crippen MR) is 263 cm³/mol. The molecule has 300 valence electrons. The monoisotopic (exact) mass is 966 g/mol. The van der Waals surface area contributed by atoms with Crippen LogP contribution in [0.2, 0.25) is 19.6 Å². The Morgan fingerprint density at radius 2 is 1.40 bits per heavy atom. The van der Waals surface area contributed by atoms with E-state index in [9.17, 15) is 0 Å². The second-order valence-corrected chi connectivity index (χ2v) is 26.2. The van der Waals surface area contributed by atoms with Crippen molar-refractivity contribution in [2.75, 3.05) is 0 Å². The van der Waals surface area contributed by atoms with E-state index in [0.29, 0.717) is 6.42 Å². The van der Waals surface area contributed by atoms with E-state index < -0.39 is 8.07 Å². The van der Waals surface area contributed by atoms with Crippen LogP contribution in [0.3, 0.4) is 0 Å². The van der Waals surface area contributed by atoms with Gasteiger partial charge in [0.15, 0.2) is 0 Å². The zero-order chi connectivity index (χ0) is 42.1. The summed E-state index contributed by atoms with van der Waals surface area (Å²) >= 11 is 2.38. The van der Waals surface area contributed by atoms with Gasteiger partial charge in [0.25, 0.3) is 0 Å². The maximum Gasteiger partial charge on any atom is 2.00 e. The fraction of sp³-hybridized carbons (Fsp3) is 0.321. The second-order valence-electron chi connectivity index (χ2n) is 20.2. The molecule has 0 fully saturated rings. The van der Waals surface area contributed by atoms with Gasteiger partial charge in [-0.25, -0.2) is 0 Å². The Balaban J connectivity index is 0.00000544. The topological polar surface area (TPSA) is 52.9 Å². The number of aromatic nitrogens is 1. The van der Waals surface area contributed by atoms with Crippen molar-refractivity contribution in [3.05, 3.63) is 162 Å². The molecule has 3 aromatic carbocycles. The van der Waals surface area contributed by atoms with Crippen molar-refractivity contribution in [1.82, 2.24) is 4.98 Å². The van der Waals surface area contributed by atoms with Gasteiger partial charge in [-0.3, -0.25) is 9.98 Å². The average Bonchev–Trinajstić information content (AvgIpc) is 3.93. The van der Waals surface area contributed by atoms with E-state index in [1.165, 1.54) is 20.3 Å². The maximum absolute atomic E-state index is 5.55. The maximum atomic E-state index is 5.55. The minimum Gasteiger partial charge on any atom is -0.678 e. The van der Waals surface area contributed by atoms with Gasteiger partial charge in [0.2, 0.25) is 0 Å². The Morgan fingerprint density at radius 1 is 0.750 bits per heavy atom. The molecule has 4 aromatic rings. The largest absolute Gasteiger partial charge is 2.00 e. The molecule has 1 unspecified atom stereocenters. The Morgan fingerprint density at radius 3 is 2.03 bits per heavy atom. The smallest absolute Gasteiger partial charge is 0.678 e. The summed E-state index contributed by atoms with van der Waals surface area (Å²) in [7, 11) is -1.48. The van der Waals surface area contributed by atoms with Gasteiger partial charge in [-0.1, -0.05) is 159 Å². The fourth-order valence-electron chi connectivity index (χ4n) is 8.01. The average molecular weight is 968 g/mol. The molecule has 0 radical (unpaired) electrons. The van der Waals surface area contributed by atoms with Crippen LogP contribution >= 0.6 is 22.6 Å². The van der Waals surface area contributed by atoms with Crippen LogP contribution in [0.1, 0.15) is 107 Å². The van der Waals surface area contributed by atoms with E-state index in [1.807, 2.05) is 0 Å². The van der Waals surface area contributed by atoms with Crippen molar-refractivity contribution in [3.63, 3.8) is 0 Å². The molecule has 0 saturated carbocycles. The molecule has 0 N–H and O–H groups in total. The normalized spacial score (nSPS) is 21.3. The summed E-state index contributed by atoms with van der Waals surface area (Å²) < 4.78 is 1.20. The van der Waals surface area contributed by atoms with E-state index in [2.05, 4.69) is 212 Å². The van der Waals surface area contributed by atoms with Gasteiger partial charge in [-0.05, 0) is 115 Å². The molecule has 4 nitrogen and oxygen atoms in total. The Labute approximate surface area is 386 Å². The van der Waals surface area contributed by atoms with Crippen molar-refractivity contribution in [3.8, 4) is 22.6 Å². The molecule has 4 aliphatic rings. The molecule has 5 heterocycles. The number of nitrogens with zero attached hydrogens (tertiary/aromatic N) is 4. The van der Waals surface area contributed by atoms with Crippen molar-refractivity contribution < 1.29 is 19.5 Å². The summed E-state index contributed by atoms with van der Waals surface area (Å²) in [6.45, 7) is 25.2. The second kappa shape index (κ2) is 16.3. The standard InChI is InChI=1S/C53H55IN4Si.Zn/c1-51(2,3)37-24-36(25-38(26-37)52(4,5)6)50-45-21-20-40(55-45)29-46-43(34-14-12-33(13-15-34)22-23-59(9,10)11)28-41(56-46)27-42-32-53(7,8)49(57-42)31-47-44(30-48(50)58-47)35-16-18-39(54)19-17-35;/h12-21,24-28,30-31,46H,29,32H2,1-11H3;/q-2;+2/b41-27-,49-31-,50-45-;. The molecule has 8 rings (SSSR count). The quantitative estimate of drug-likeness (QED) is 0.115. The van der Waals surface area contributed by atoms with Gasteiger partial charge in [0, 0.05) is 38.1 Å². The molecule has 1 atom stereocenters. The first-order valence-corrected chi connectivity index (χ1v) is 25.4. The third-order valence-corrected chi connectivity index (χ3v) is 13.0. The number of allylic oxidation sites excluding steroid dienone is 5. The van der Waals surface area contributed by atoms with Crippen LogP contribution in [-0.2, 0) is 30.3 Å². The van der Waals surface area contributed by atoms with Gasteiger partial charge in [-0.2, -0.15) is 0 Å². The molecule has 0 spiro atoms. The van der Waals surface area contributed by atoms with Crippen LogP contribution in [0.15, 0.2) is 124 Å². The number of rotatable bonds is 3. The fourth-order valence-corrected chi connectivity index (χ4v) is 8.89. The van der Waals surface area contributed by atoms with Crippen LogP contribution < -0.4 is 4.98 Å². The summed E-state index contributed by atoms with van der Waals surface area (Å²) in [5.41, 5.74) is 20.4. The molecule has 4 aliphatic heterocycles. The molecule has 8 bridgehead atoms. The van der Waals surface area contributed by atoms with Crippen molar-refractivity contribution >= 4 is 59.3 Å². The summed E-state index contributed by atoms with van der Waals surface area (Å²) in [6.07, 6.45) is 12.6. The van der Waals surface area contributed by atoms with Crippen molar-refractivity contribution in [2.24, 2.45) is 15.4 Å². The first-order chi connectivity index (χ1) is 27.7. The first kappa shape index (κ1) is 44.0. The number of halogens is 1. The zero-order valence-corrected chi connectivity index (χ0v) is 43.3. The van der Waals surface area contributed by atoms with Crippen molar-refractivity contribution in [1.29, 1.82) is 0 Å². The van der Waals surface area contributed by atoms with Gasteiger partial charge < -0.3 is 10.3 Å². The summed E-state index contributed by atoms with van der Waals surface area (Å²) in [5, 5.41) is 5.38. The predicted octanol–water partition coefficient (Wildman–Crippen LogP) is 13.8. The van der Waals surface area contributed by atoms with Gasteiger partial charge in [0.05, 0.1) is 5.70 Å². The molecule has 0 amide bonds. The zero-order valence-electron chi connectivity index (χ0n) is 37.2. The van der Waals surface area contributed by atoms with E-state index in [-0.39, 0.29) is 41.8 Å². The molecular formula is C53H55IN4SiZn. The van der Waals surface area contributed by atoms with E-state index in [4.69, 9.17) is 20.3 Å². The number of aliphatic imine (C=N–C) groups is 2. The number of fused-ring (bicyclic) bond motifs is 6. The van der Waals surface area contributed by atoms with Crippen LogP contribution in [0.5, 0.6) is 0 Å².